The third kappa shape index (κ3) is 5.14. The zero-order chi connectivity index (χ0) is 12.7. The van der Waals surface area contributed by atoms with Crippen molar-refractivity contribution in [2.24, 2.45) is 11.7 Å². The smallest absolute Gasteiger partial charge is 0.133 e. The van der Waals surface area contributed by atoms with Gasteiger partial charge >= 0.3 is 0 Å². The monoisotopic (exact) mass is 233 g/mol. The second kappa shape index (κ2) is 7.23. The van der Waals surface area contributed by atoms with Gasteiger partial charge in [-0.2, -0.15) is 0 Å². The fourth-order valence-corrected chi connectivity index (χ4v) is 1.82. The Morgan fingerprint density at radius 1 is 1.29 bits per heavy atom. The average molecular weight is 233 g/mol. The molecule has 0 saturated carbocycles. The number of carbonyl (C=O) groups excluding carboxylic acids is 1. The number of hydrogen-bond acceptors (Lipinski definition) is 2. The maximum atomic E-state index is 11.7. The molecule has 0 spiro atoms. The van der Waals surface area contributed by atoms with E-state index in [9.17, 15) is 4.79 Å². The van der Waals surface area contributed by atoms with Crippen LogP contribution in [0.1, 0.15) is 51.1 Å². The fraction of sp³-hybridized carbons (Fsp3) is 0.533. The van der Waals surface area contributed by atoms with E-state index in [2.05, 4.69) is 13.8 Å². The van der Waals surface area contributed by atoms with Gasteiger partial charge in [-0.05, 0) is 17.9 Å². The molecule has 0 aliphatic heterocycles. The Morgan fingerprint density at radius 2 is 1.94 bits per heavy atom. The first-order chi connectivity index (χ1) is 8.13. The van der Waals surface area contributed by atoms with E-state index >= 15 is 0 Å². The van der Waals surface area contributed by atoms with Crippen molar-refractivity contribution in [3.05, 3.63) is 35.9 Å². The van der Waals surface area contributed by atoms with Crippen LogP contribution < -0.4 is 5.73 Å². The number of ketones is 1. The minimum atomic E-state index is -0.0166. The van der Waals surface area contributed by atoms with Gasteiger partial charge in [0.15, 0.2) is 0 Å². The summed E-state index contributed by atoms with van der Waals surface area (Å²) in [6.07, 6.45) is 3.11. The highest BCUT2D eigenvalue weighted by Crippen LogP contribution is 2.17. The highest BCUT2D eigenvalue weighted by molar-refractivity contribution is 5.78. The van der Waals surface area contributed by atoms with E-state index in [-0.39, 0.29) is 6.04 Å². The zero-order valence-electron chi connectivity index (χ0n) is 10.9. The van der Waals surface area contributed by atoms with Crippen LogP contribution in [0, 0.1) is 5.92 Å². The molecule has 17 heavy (non-hydrogen) atoms. The third-order valence-electron chi connectivity index (χ3n) is 3.23. The van der Waals surface area contributed by atoms with Gasteiger partial charge in [-0.1, -0.05) is 50.6 Å². The molecule has 0 amide bonds. The number of rotatable bonds is 7. The molecule has 0 radical (unpaired) electrons. The highest BCUT2D eigenvalue weighted by Gasteiger charge is 2.11. The van der Waals surface area contributed by atoms with E-state index in [1.54, 1.807) is 0 Å². The van der Waals surface area contributed by atoms with E-state index < -0.39 is 0 Å². The Hall–Kier alpha value is -1.15. The lowest BCUT2D eigenvalue weighted by molar-refractivity contribution is -0.120. The molecule has 0 fully saturated rings. The van der Waals surface area contributed by atoms with Crippen LogP contribution in [0.4, 0.5) is 0 Å². The van der Waals surface area contributed by atoms with Crippen molar-refractivity contribution >= 4 is 5.78 Å². The molecule has 2 N–H and O–H groups in total. The molecule has 94 valence electrons. The Kier molecular flexibility index (Phi) is 5.92. The third-order valence-corrected chi connectivity index (χ3v) is 3.23. The van der Waals surface area contributed by atoms with E-state index in [4.69, 9.17) is 5.73 Å². The summed E-state index contributed by atoms with van der Waals surface area (Å²) in [5, 5.41) is 0. The molecule has 2 atom stereocenters. The van der Waals surface area contributed by atoms with E-state index in [0.717, 1.165) is 18.4 Å². The Balaban J connectivity index is 2.33. The van der Waals surface area contributed by atoms with Crippen LogP contribution in [-0.4, -0.2) is 5.78 Å². The lowest BCUT2D eigenvalue weighted by Gasteiger charge is -2.12. The highest BCUT2D eigenvalue weighted by atomic mass is 16.1. The van der Waals surface area contributed by atoms with E-state index in [1.807, 2.05) is 30.3 Å². The van der Waals surface area contributed by atoms with Crippen molar-refractivity contribution in [3.8, 4) is 0 Å². The van der Waals surface area contributed by atoms with Crippen molar-refractivity contribution in [3.63, 3.8) is 0 Å². The molecule has 1 aromatic rings. The summed E-state index contributed by atoms with van der Waals surface area (Å²) in [5.41, 5.74) is 7.17. The molecule has 0 aromatic heterocycles. The zero-order valence-corrected chi connectivity index (χ0v) is 10.9. The minimum absolute atomic E-state index is 0.0166. The van der Waals surface area contributed by atoms with Crippen molar-refractivity contribution in [1.82, 2.24) is 0 Å². The fourth-order valence-electron chi connectivity index (χ4n) is 1.82. The minimum Gasteiger partial charge on any atom is -0.324 e. The molecule has 0 saturated heterocycles. The second-order valence-electron chi connectivity index (χ2n) is 4.81. The number of nitrogens with two attached hydrogens (primary N) is 1. The van der Waals surface area contributed by atoms with Crippen molar-refractivity contribution in [2.45, 2.75) is 45.6 Å². The van der Waals surface area contributed by atoms with Crippen LogP contribution in [0.15, 0.2) is 30.3 Å². The molecule has 2 unspecified atom stereocenters. The molecular formula is C15H23NO. The molecule has 0 aliphatic rings. The number of hydrogen-bond donors (Lipinski definition) is 1. The molecule has 0 aliphatic carbocycles. The molecule has 2 nitrogen and oxygen atoms in total. The second-order valence-corrected chi connectivity index (χ2v) is 4.81. The van der Waals surface area contributed by atoms with Crippen LogP contribution in [0.2, 0.25) is 0 Å². The van der Waals surface area contributed by atoms with Gasteiger partial charge in [-0.25, -0.2) is 0 Å². The van der Waals surface area contributed by atoms with Crippen molar-refractivity contribution in [1.29, 1.82) is 0 Å². The quantitative estimate of drug-likeness (QED) is 0.783. The van der Waals surface area contributed by atoms with Crippen LogP contribution in [0.25, 0.3) is 0 Å². The first-order valence-corrected chi connectivity index (χ1v) is 6.45. The molecule has 0 bridgehead atoms. The summed E-state index contributed by atoms with van der Waals surface area (Å²) in [6, 6.07) is 9.96. The van der Waals surface area contributed by atoms with Gasteiger partial charge in [0, 0.05) is 18.9 Å². The van der Waals surface area contributed by atoms with Crippen LogP contribution in [0.5, 0.6) is 0 Å². The van der Waals surface area contributed by atoms with Gasteiger partial charge in [0.2, 0.25) is 0 Å². The van der Waals surface area contributed by atoms with Crippen LogP contribution >= 0.6 is 0 Å². The lowest BCUT2D eigenvalue weighted by Crippen LogP contribution is -2.13. The van der Waals surface area contributed by atoms with Crippen LogP contribution in [-0.2, 0) is 4.79 Å². The Morgan fingerprint density at radius 3 is 2.53 bits per heavy atom. The Labute approximate surface area is 104 Å². The molecule has 2 heteroatoms. The largest absolute Gasteiger partial charge is 0.324 e. The summed E-state index contributed by atoms with van der Waals surface area (Å²) >= 11 is 0. The Bertz CT molecular complexity index is 334. The predicted molar refractivity (Wildman–Crippen MR) is 71.7 cm³/mol. The average Bonchev–Trinajstić information content (AvgIpc) is 2.36. The first-order valence-electron chi connectivity index (χ1n) is 6.45. The summed E-state index contributed by atoms with van der Waals surface area (Å²) in [4.78, 5) is 11.7. The lowest BCUT2D eigenvalue weighted by atomic mass is 9.96. The maximum Gasteiger partial charge on any atom is 0.133 e. The maximum absolute atomic E-state index is 11.7. The SMILES string of the molecule is CCC(C)CC(=O)CCC(N)c1ccccc1. The number of benzene rings is 1. The summed E-state index contributed by atoms with van der Waals surface area (Å²) in [6.45, 7) is 4.24. The summed E-state index contributed by atoms with van der Waals surface area (Å²) in [5.74, 6) is 0.834. The predicted octanol–water partition coefficient (Wildman–Crippen LogP) is 3.47. The van der Waals surface area contributed by atoms with E-state index in [0.29, 0.717) is 24.5 Å². The van der Waals surface area contributed by atoms with Gasteiger partial charge in [0.05, 0.1) is 0 Å². The standard InChI is InChI=1S/C15H23NO/c1-3-12(2)11-14(17)9-10-15(16)13-7-5-4-6-8-13/h4-8,12,15H,3,9-11,16H2,1-2H3. The van der Waals surface area contributed by atoms with Gasteiger partial charge in [-0.15, -0.1) is 0 Å². The van der Waals surface area contributed by atoms with Gasteiger partial charge in [0.1, 0.15) is 5.78 Å². The molecule has 1 aromatic carbocycles. The molecular weight excluding hydrogens is 210 g/mol. The van der Waals surface area contributed by atoms with Gasteiger partial charge < -0.3 is 5.73 Å². The van der Waals surface area contributed by atoms with Crippen molar-refractivity contribution in [2.75, 3.05) is 0 Å². The molecule has 0 heterocycles. The van der Waals surface area contributed by atoms with E-state index in [1.165, 1.54) is 0 Å². The molecule has 1 rings (SSSR count). The number of Topliss-reactive ketones (excluding diaryl/α,β-unsaturated/α-hetero) is 1. The van der Waals surface area contributed by atoms with Crippen LogP contribution in [0.3, 0.4) is 0 Å². The topological polar surface area (TPSA) is 43.1 Å². The summed E-state index contributed by atoms with van der Waals surface area (Å²) < 4.78 is 0. The van der Waals surface area contributed by atoms with Gasteiger partial charge in [-0.3, -0.25) is 4.79 Å². The number of carbonyl (C=O) groups is 1. The summed E-state index contributed by atoms with van der Waals surface area (Å²) in [7, 11) is 0. The first kappa shape index (κ1) is 13.9. The van der Waals surface area contributed by atoms with Gasteiger partial charge in [0.25, 0.3) is 0 Å². The van der Waals surface area contributed by atoms with Crippen molar-refractivity contribution < 1.29 is 4.79 Å². The normalized spacial score (nSPS) is 14.3.